The number of phenolic OH excluding ortho intramolecular Hbond substituents is 4. The number of fused-ring (bicyclic) bond motifs is 4. The van der Waals surface area contributed by atoms with E-state index in [9.17, 15) is 20.4 Å². The van der Waals surface area contributed by atoms with Crippen LogP contribution in [-0.4, -0.2) is 58.8 Å². The predicted octanol–water partition coefficient (Wildman–Crippen LogP) is 10.8. The van der Waals surface area contributed by atoms with Crippen LogP contribution in [0.2, 0.25) is 0 Å². The molecule has 0 amide bonds. The van der Waals surface area contributed by atoms with E-state index in [0.29, 0.717) is 32.7 Å². The summed E-state index contributed by atoms with van der Waals surface area (Å²) in [6.07, 6.45) is 9.46. The molecule has 4 N–H and O–H groups in total. The number of unbranched alkanes of at least 4 members (excludes halogenated alkanes) is 8. The Balaban J connectivity index is 1.44. The molecule has 0 aromatic heterocycles. The van der Waals surface area contributed by atoms with E-state index in [1.807, 2.05) is 48.5 Å². The number of hydrogen-bond donors (Lipinski definition) is 4. The summed E-state index contributed by atoms with van der Waals surface area (Å²) in [5, 5.41) is 82.3. The molecule has 6 aromatic carbocycles. The Bertz CT molecular complexity index is 2110. The smallest absolute Gasteiger partial charge is 0.123 e. The van der Waals surface area contributed by atoms with Crippen LogP contribution < -0.4 is 20.0 Å². The Morgan fingerprint density at radius 3 is 0.883 bits per heavy atom. The van der Waals surface area contributed by atoms with Gasteiger partial charge in [0.1, 0.15) is 23.0 Å². The van der Waals surface area contributed by atoms with Crippen LogP contribution in [0.5, 0.6) is 23.0 Å². The zero-order valence-corrected chi connectivity index (χ0v) is 36.1. The summed E-state index contributed by atoms with van der Waals surface area (Å²) in [6, 6.07) is 21.5. The highest BCUT2D eigenvalue weighted by Gasteiger charge is 2.44. The highest BCUT2D eigenvalue weighted by Crippen LogP contribution is 2.58. The molecule has 8 nitrogen and oxygen atoms in total. The van der Waals surface area contributed by atoms with Crippen molar-refractivity contribution in [2.24, 2.45) is 0 Å². The summed E-state index contributed by atoms with van der Waals surface area (Å²) in [5.74, 6) is -2.43. The molecule has 60 heavy (non-hydrogen) atoms. The summed E-state index contributed by atoms with van der Waals surface area (Å²) in [4.78, 5) is 4.73. The van der Waals surface area contributed by atoms with E-state index >= 15 is 10.2 Å². The molecular weight excluding hydrogens is 749 g/mol. The first-order valence-corrected chi connectivity index (χ1v) is 22.8. The van der Waals surface area contributed by atoms with Crippen molar-refractivity contribution < 1.29 is 30.6 Å². The van der Waals surface area contributed by atoms with Gasteiger partial charge >= 0.3 is 0 Å². The minimum Gasteiger partial charge on any atom is -0.851 e. The van der Waals surface area contributed by atoms with Crippen molar-refractivity contribution >= 4 is 54.5 Å². The number of rotatable bonds is 20. The Kier molecular flexibility index (Phi) is 13.8. The fraction of sp³-hybridized carbons (Fsp3) is 0.462. The summed E-state index contributed by atoms with van der Waals surface area (Å²) in [7, 11) is 0. The number of hydrogen-bond acceptors (Lipinski definition) is 8. The first-order chi connectivity index (χ1) is 29.2. The molecule has 6 aromatic rings. The fourth-order valence-corrected chi connectivity index (χ4v) is 10.2. The van der Waals surface area contributed by atoms with Crippen LogP contribution in [0.4, 0.5) is 11.4 Å². The van der Waals surface area contributed by atoms with Crippen molar-refractivity contribution in [3.8, 4) is 23.0 Å². The molecule has 0 spiro atoms. The van der Waals surface area contributed by atoms with E-state index in [1.165, 1.54) is 0 Å². The van der Waals surface area contributed by atoms with Gasteiger partial charge in [0.05, 0.1) is 11.4 Å². The lowest BCUT2D eigenvalue weighted by Crippen LogP contribution is -2.63. The number of nitrogens with zero attached hydrogens (tertiary/aromatic N) is 2. The first kappa shape index (κ1) is 43.2. The largest absolute Gasteiger partial charge is 0.851 e. The van der Waals surface area contributed by atoms with Crippen LogP contribution in [0.1, 0.15) is 128 Å². The molecule has 1 fully saturated rings. The number of anilines is 2. The maximum Gasteiger partial charge on any atom is 0.123 e. The van der Waals surface area contributed by atoms with Crippen LogP contribution in [0.15, 0.2) is 72.8 Å². The van der Waals surface area contributed by atoms with E-state index < -0.39 is 24.0 Å². The van der Waals surface area contributed by atoms with Gasteiger partial charge in [0.25, 0.3) is 0 Å². The van der Waals surface area contributed by atoms with Crippen molar-refractivity contribution in [3.63, 3.8) is 0 Å². The molecule has 0 unspecified atom stereocenters. The Morgan fingerprint density at radius 1 is 0.400 bits per heavy atom. The molecule has 0 atom stereocenters. The van der Waals surface area contributed by atoms with Crippen LogP contribution in [0, 0.1) is 0 Å². The van der Waals surface area contributed by atoms with E-state index in [4.69, 9.17) is 0 Å². The monoisotopic (exact) mass is 812 g/mol. The molecule has 1 saturated carbocycles. The predicted molar refractivity (Wildman–Crippen MR) is 245 cm³/mol. The lowest BCUT2D eigenvalue weighted by Gasteiger charge is -2.62. The summed E-state index contributed by atoms with van der Waals surface area (Å²) in [5.41, 5.74) is 2.53. The van der Waals surface area contributed by atoms with E-state index in [0.717, 1.165) is 136 Å². The maximum atomic E-state index is 15.3. The van der Waals surface area contributed by atoms with Crippen molar-refractivity contribution in [1.82, 2.24) is 0 Å². The summed E-state index contributed by atoms with van der Waals surface area (Å²) < 4.78 is 0. The third-order valence-electron chi connectivity index (χ3n) is 13.1. The van der Waals surface area contributed by atoms with E-state index in [2.05, 4.69) is 37.5 Å². The van der Waals surface area contributed by atoms with Gasteiger partial charge in [-0.1, -0.05) is 128 Å². The number of benzene rings is 6. The first-order valence-electron chi connectivity index (χ1n) is 22.8. The van der Waals surface area contributed by atoms with Crippen LogP contribution >= 0.6 is 0 Å². The van der Waals surface area contributed by atoms with Crippen molar-refractivity contribution in [3.05, 3.63) is 83.9 Å². The van der Waals surface area contributed by atoms with Gasteiger partial charge in [0.2, 0.25) is 0 Å². The Labute approximate surface area is 355 Å². The van der Waals surface area contributed by atoms with Gasteiger partial charge in [0.15, 0.2) is 0 Å². The van der Waals surface area contributed by atoms with Gasteiger partial charge in [-0.25, -0.2) is 0 Å². The lowest BCUT2D eigenvalue weighted by molar-refractivity contribution is -0.535. The normalized spacial score (nSPS) is 17.8. The van der Waals surface area contributed by atoms with Gasteiger partial charge in [-0.2, -0.15) is 0 Å². The molecule has 0 saturated heterocycles. The van der Waals surface area contributed by atoms with Gasteiger partial charge in [0, 0.05) is 69.3 Å². The Morgan fingerprint density at radius 2 is 0.650 bits per heavy atom. The second kappa shape index (κ2) is 19.2. The van der Waals surface area contributed by atoms with Gasteiger partial charge in [-0.05, 0) is 72.9 Å². The maximum absolute atomic E-state index is 15.3. The summed E-state index contributed by atoms with van der Waals surface area (Å²) >= 11 is 0. The molecule has 7 rings (SSSR count). The molecule has 0 heterocycles. The van der Waals surface area contributed by atoms with Crippen molar-refractivity contribution in [2.75, 3.05) is 36.0 Å². The molecule has 320 valence electrons. The Hall–Kier alpha value is -4.92. The quantitative estimate of drug-likeness (QED) is 0.0442. The lowest BCUT2D eigenvalue weighted by atomic mass is 9.60. The highest BCUT2D eigenvalue weighted by atomic mass is 16.3. The van der Waals surface area contributed by atoms with Crippen LogP contribution in [0.3, 0.4) is 0 Å². The standard InChI is InChI=1S/C52H64N2O6/c1-5-9-13-29-53(30-14-10-6-2)49-33-21-17-25-37(55)41(33)45(42-34(49)22-18-26-38(42)56)47-51(59)48(52(47)60)46-43-35(23-19-27-39(43)57)50(36-24-20-28-40(58)44(36)46)54(31-15-11-7-3)32-16-12-8-4/h17-28,47-48,51-52,55-58H,5-16,29-32H2,1-4H3/q-2. The average Bonchev–Trinajstić information content (AvgIpc) is 3.23. The van der Waals surface area contributed by atoms with E-state index in [-0.39, 0.29) is 23.0 Å². The molecule has 8 heteroatoms. The minimum absolute atomic E-state index is 0.0411. The number of phenols is 4. The molecule has 1 aliphatic rings. The molecule has 0 bridgehead atoms. The molecule has 0 aliphatic heterocycles. The summed E-state index contributed by atoms with van der Waals surface area (Å²) in [6.45, 7) is 11.9. The third-order valence-corrected chi connectivity index (χ3v) is 13.1. The minimum atomic E-state index is -1.52. The SMILES string of the molecule is CCCCCN(CCCCC)c1c2cccc(O)c2c(C2C([O-])C(c3c4c(O)cccc4c(N(CCCCC)CCCCC)c4cccc(O)c34)C2[O-])c2c(O)cccc12. The van der Waals surface area contributed by atoms with E-state index in [1.54, 1.807) is 24.3 Å². The average molecular weight is 813 g/mol. The fourth-order valence-electron chi connectivity index (χ4n) is 10.2. The second-order valence-electron chi connectivity index (χ2n) is 17.1. The second-order valence-corrected chi connectivity index (χ2v) is 17.1. The van der Waals surface area contributed by atoms with Crippen molar-refractivity contribution in [1.29, 1.82) is 0 Å². The van der Waals surface area contributed by atoms with Gasteiger partial charge in [-0.3, -0.25) is 0 Å². The molecule has 1 aliphatic carbocycles. The van der Waals surface area contributed by atoms with Gasteiger partial charge in [-0.15, -0.1) is 12.2 Å². The zero-order valence-electron chi connectivity index (χ0n) is 36.1. The van der Waals surface area contributed by atoms with Crippen LogP contribution in [0.25, 0.3) is 43.1 Å². The third kappa shape index (κ3) is 7.89. The van der Waals surface area contributed by atoms with Crippen molar-refractivity contribution in [2.45, 2.75) is 129 Å². The highest BCUT2D eigenvalue weighted by molar-refractivity contribution is 6.19. The molecule has 0 radical (unpaired) electrons. The molecular formula is C52H64N2O6-2. The zero-order chi connectivity index (χ0) is 42.5. The van der Waals surface area contributed by atoms with Crippen LogP contribution in [-0.2, 0) is 0 Å². The van der Waals surface area contributed by atoms with Gasteiger partial charge < -0.3 is 40.4 Å². The number of aromatic hydroxyl groups is 4. The topological polar surface area (TPSA) is 134 Å².